The number of benzene rings is 2. The third-order valence-electron chi connectivity index (χ3n) is 3.08. The topological polar surface area (TPSA) is 84.5 Å². The van der Waals surface area contributed by atoms with Crippen molar-refractivity contribution in [2.24, 2.45) is 0 Å². The molecule has 0 unspecified atom stereocenters. The first-order valence-corrected chi connectivity index (χ1v) is 8.52. The summed E-state index contributed by atoms with van der Waals surface area (Å²) >= 11 is 0. The molecule has 0 aliphatic heterocycles. The second-order valence-electron chi connectivity index (χ2n) is 4.65. The zero-order valence-corrected chi connectivity index (χ0v) is 13.7. The Labute approximate surface area is 135 Å². The summed E-state index contributed by atoms with van der Waals surface area (Å²) in [6, 6.07) is 12.8. The monoisotopic (exact) mass is 334 g/mol. The van der Waals surface area contributed by atoms with Gasteiger partial charge in [0, 0.05) is 17.3 Å². The molecule has 0 bridgehead atoms. The van der Waals surface area contributed by atoms with E-state index in [1.807, 2.05) is 6.92 Å². The molecule has 0 aromatic heterocycles. The van der Waals surface area contributed by atoms with Crippen LogP contribution in [0.3, 0.4) is 0 Å². The van der Waals surface area contributed by atoms with E-state index in [1.54, 1.807) is 30.3 Å². The molecule has 2 rings (SSSR count). The number of ether oxygens (including phenoxy) is 1. The Morgan fingerprint density at radius 3 is 2.57 bits per heavy atom. The number of carbonyl (C=O) groups excluding carboxylic acids is 1. The predicted molar refractivity (Wildman–Crippen MR) is 88.3 cm³/mol. The van der Waals surface area contributed by atoms with E-state index in [1.165, 1.54) is 25.2 Å². The number of rotatable bonds is 6. The van der Waals surface area contributed by atoms with E-state index >= 15 is 0 Å². The summed E-state index contributed by atoms with van der Waals surface area (Å²) < 4.78 is 31.2. The van der Waals surface area contributed by atoms with Gasteiger partial charge in [-0.05, 0) is 44.3 Å². The predicted octanol–water partition coefficient (Wildman–Crippen LogP) is 2.25. The first-order valence-electron chi connectivity index (χ1n) is 7.04. The lowest BCUT2D eigenvalue weighted by molar-refractivity contribution is 0.102. The first-order chi connectivity index (χ1) is 11.0. The number of hydrogen-bond donors (Lipinski definition) is 2. The number of nitrogens with one attached hydrogen (secondary N) is 2. The molecule has 0 atom stereocenters. The van der Waals surface area contributed by atoms with E-state index < -0.39 is 15.9 Å². The summed E-state index contributed by atoms with van der Waals surface area (Å²) in [5, 5.41) is 2.72. The Morgan fingerprint density at radius 1 is 1.13 bits per heavy atom. The van der Waals surface area contributed by atoms with Gasteiger partial charge in [-0.25, -0.2) is 13.1 Å². The van der Waals surface area contributed by atoms with Gasteiger partial charge in [0.1, 0.15) is 5.75 Å². The average Bonchev–Trinajstić information content (AvgIpc) is 2.55. The second-order valence-corrected chi connectivity index (χ2v) is 6.54. The van der Waals surface area contributed by atoms with Crippen molar-refractivity contribution in [2.45, 2.75) is 11.8 Å². The normalized spacial score (nSPS) is 11.0. The minimum absolute atomic E-state index is 0.0377. The van der Waals surface area contributed by atoms with Gasteiger partial charge in [0.05, 0.1) is 11.5 Å². The number of carbonyl (C=O) groups is 1. The van der Waals surface area contributed by atoms with Crippen LogP contribution < -0.4 is 14.8 Å². The standard InChI is InChI=1S/C16H18N2O4S/c1-3-22-14-8-5-7-13(11-14)18-16(19)12-6-4-9-15(10-12)23(20,21)17-2/h4-11,17H,3H2,1-2H3,(H,18,19). The zero-order valence-electron chi connectivity index (χ0n) is 12.9. The van der Waals surface area contributed by atoms with Crippen LogP contribution in [0.2, 0.25) is 0 Å². The van der Waals surface area contributed by atoms with Crippen molar-refractivity contribution in [1.29, 1.82) is 0 Å². The lowest BCUT2D eigenvalue weighted by Crippen LogP contribution is -2.19. The van der Waals surface area contributed by atoms with Gasteiger partial charge >= 0.3 is 0 Å². The summed E-state index contributed by atoms with van der Waals surface area (Å²) in [5.74, 6) is 0.253. The van der Waals surface area contributed by atoms with Crippen molar-refractivity contribution in [3.05, 3.63) is 54.1 Å². The van der Waals surface area contributed by atoms with Gasteiger partial charge in [0.25, 0.3) is 5.91 Å². The maximum absolute atomic E-state index is 12.3. The molecular weight excluding hydrogens is 316 g/mol. The highest BCUT2D eigenvalue weighted by Crippen LogP contribution is 2.19. The van der Waals surface area contributed by atoms with Gasteiger partial charge in [-0.1, -0.05) is 12.1 Å². The van der Waals surface area contributed by atoms with E-state index in [4.69, 9.17) is 4.74 Å². The van der Waals surface area contributed by atoms with Gasteiger partial charge in [-0.15, -0.1) is 0 Å². The highest BCUT2D eigenvalue weighted by Gasteiger charge is 2.14. The fourth-order valence-electron chi connectivity index (χ4n) is 1.96. The largest absolute Gasteiger partial charge is 0.494 e. The van der Waals surface area contributed by atoms with Crippen LogP contribution in [-0.4, -0.2) is 28.0 Å². The van der Waals surface area contributed by atoms with Crippen LogP contribution in [0.1, 0.15) is 17.3 Å². The molecule has 2 aromatic carbocycles. The molecule has 2 N–H and O–H groups in total. The summed E-state index contributed by atoms with van der Waals surface area (Å²) in [6.45, 7) is 2.40. The molecule has 7 heteroatoms. The minimum atomic E-state index is -3.59. The van der Waals surface area contributed by atoms with E-state index in [9.17, 15) is 13.2 Å². The van der Waals surface area contributed by atoms with Crippen molar-refractivity contribution in [3.63, 3.8) is 0 Å². The molecule has 0 saturated carbocycles. The van der Waals surface area contributed by atoms with Crippen molar-refractivity contribution in [3.8, 4) is 5.75 Å². The van der Waals surface area contributed by atoms with Crippen LogP contribution in [-0.2, 0) is 10.0 Å². The van der Waals surface area contributed by atoms with Crippen molar-refractivity contribution in [1.82, 2.24) is 4.72 Å². The van der Waals surface area contributed by atoms with E-state index in [2.05, 4.69) is 10.0 Å². The number of sulfonamides is 1. The number of anilines is 1. The Hall–Kier alpha value is -2.38. The van der Waals surface area contributed by atoms with Crippen LogP contribution in [0, 0.1) is 0 Å². The van der Waals surface area contributed by atoms with Crippen LogP contribution in [0.25, 0.3) is 0 Å². The van der Waals surface area contributed by atoms with Gasteiger partial charge < -0.3 is 10.1 Å². The summed E-state index contributed by atoms with van der Waals surface area (Å²) in [7, 11) is -2.27. The fraction of sp³-hybridized carbons (Fsp3) is 0.188. The van der Waals surface area contributed by atoms with Crippen molar-refractivity contribution in [2.75, 3.05) is 19.0 Å². The minimum Gasteiger partial charge on any atom is -0.494 e. The van der Waals surface area contributed by atoms with Crippen molar-refractivity contribution >= 4 is 21.6 Å². The highest BCUT2D eigenvalue weighted by atomic mass is 32.2. The molecule has 2 aromatic rings. The van der Waals surface area contributed by atoms with Crippen LogP contribution >= 0.6 is 0 Å². The maximum Gasteiger partial charge on any atom is 0.255 e. The van der Waals surface area contributed by atoms with E-state index in [0.717, 1.165) is 0 Å². The van der Waals surface area contributed by atoms with E-state index in [-0.39, 0.29) is 10.5 Å². The maximum atomic E-state index is 12.3. The first kappa shape index (κ1) is 17.0. The Morgan fingerprint density at radius 2 is 1.87 bits per heavy atom. The quantitative estimate of drug-likeness (QED) is 0.848. The lowest BCUT2D eigenvalue weighted by atomic mass is 10.2. The summed E-state index contributed by atoms with van der Waals surface area (Å²) in [4.78, 5) is 12.3. The number of amides is 1. The molecule has 0 aliphatic carbocycles. The molecule has 1 amide bonds. The van der Waals surface area contributed by atoms with Gasteiger partial charge in [0.2, 0.25) is 10.0 Å². The SMILES string of the molecule is CCOc1cccc(NC(=O)c2cccc(S(=O)(=O)NC)c2)c1. The Bertz CT molecular complexity index is 803. The second kappa shape index (κ2) is 7.26. The molecule has 0 fully saturated rings. The molecular formula is C16H18N2O4S. The number of hydrogen-bond acceptors (Lipinski definition) is 4. The van der Waals surface area contributed by atoms with E-state index in [0.29, 0.717) is 18.0 Å². The van der Waals surface area contributed by atoms with Gasteiger partial charge in [-0.2, -0.15) is 0 Å². The molecule has 122 valence electrons. The van der Waals surface area contributed by atoms with Gasteiger partial charge in [0.15, 0.2) is 0 Å². The van der Waals surface area contributed by atoms with Crippen LogP contribution in [0.15, 0.2) is 53.4 Å². The molecule has 0 saturated heterocycles. The highest BCUT2D eigenvalue weighted by molar-refractivity contribution is 7.89. The zero-order chi connectivity index (χ0) is 16.9. The summed E-state index contributed by atoms with van der Waals surface area (Å²) in [5.41, 5.74) is 0.825. The van der Waals surface area contributed by atoms with Gasteiger partial charge in [-0.3, -0.25) is 4.79 Å². The lowest BCUT2D eigenvalue weighted by Gasteiger charge is -2.09. The molecule has 0 radical (unpaired) electrons. The third-order valence-corrected chi connectivity index (χ3v) is 4.49. The fourth-order valence-corrected chi connectivity index (χ4v) is 2.73. The van der Waals surface area contributed by atoms with Crippen LogP contribution in [0.5, 0.6) is 5.75 Å². The Kier molecular flexibility index (Phi) is 5.36. The van der Waals surface area contributed by atoms with Crippen molar-refractivity contribution < 1.29 is 17.9 Å². The molecule has 23 heavy (non-hydrogen) atoms. The average molecular weight is 334 g/mol. The molecule has 0 aliphatic rings. The molecule has 0 heterocycles. The summed E-state index contributed by atoms with van der Waals surface area (Å²) in [6.07, 6.45) is 0. The Balaban J connectivity index is 2.21. The third kappa shape index (κ3) is 4.30. The molecule has 0 spiro atoms. The molecule has 6 nitrogen and oxygen atoms in total. The smallest absolute Gasteiger partial charge is 0.255 e. The van der Waals surface area contributed by atoms with Crippen LogP contribution in [0.4, 0.5) is 5.69 Å².